The summed E-state index contributed by atoms with van der Waals surface area (Å²) in [5, 5.41) is 4.11. The van der Waals surface area contributed by atoms with Gasteiger partial charge in [-0.05, 0) is 48.9 Å². The molecule has 1 N–H and O–H groups in total. The number of halogens is 2. The minimum absolute atomic E-state index is 0.478. The highest BCUT2D eigenvalue weighted by Gasteiger charge is 2.06. The van der Waals surface area contributed by atoms with Crippen LogP contribution in [0.2, 0.25) is 5.02 Å². The second-order valence-corrected chi connectivity index (χ2v) is 6.02. The van der Waals surface area contributed by atoms with Gasteiger partial charge in [0.25, 0.3) is 0 Å². The largest absolute Gasteiger partial charge is 0.489 e. The molecule has 0 aliphatic heterocycles. The summed E-state index contributed by atoms with van der Waals surface area (Å²) in [4.78, 5) is 0. The molecule has 0 saturated heterocycles. The lowest BCUT2D eigenvalue weighted by molar-refractivity contribution is 0.359. The summed E-state index contributed by atoms with van der Waals surface area (Å²) >= 11 is 9.54. The van der Waals surface area contributed by atoms with Gasteiger partial charge in [-0.2, -0.15) is 0 Å². The predicted molar refractivity (Wildman–Crippen MR) is 93.3 cm³/mol. The van der Waals surface area contributed by atoms with E-state index in [9.17, 15) is 0 Å². The number of nitrogens with one attached hydrogen (secondary N) is 1. The smallest absolute Gasteiger partial charge is 0.124 e. The molecular formula is C17H17BrClNO. The van der Waals surface area contributed by atoms with E-state index in [1.807, 2.05) is 30.3 Å². The van der Waals surface area contributed by atoms with E-state index in [0.29, 0.717) is 18.2 Å². The summed E-state index contributed by atoms with van der Waals surface area (Å²) in [5.41, 5.74) is 3.29. The molecule has 2 rings (SSSR count). The Morgan fingerprint density at radius 1 is 1.29 bits per heavy atom. The Kier molecular flexibility index (Phi) is 5.71. The normalized spacial score (nSPS) is 10.2. The van der Waals surface area contributed by atoms with E-state index in [0.717, 1.165) is 21.5 Å². The molecular weight excluding hydrogens is 350 g/mol. The van der Waals surface area contributed by atoms with Crippen LogP contribution < -0.4 is 10.1 Å². The Labute approximate surface area is 138 Å². The van der Waals surface area contributed by atoms with Crippen LogP contribution in [0.3, 0.4) is 0 Å². The molecule has 2 nitrogen and oxygen atoms in total. The minimum Gasteiger partial charge on any atom is -0.489 e. The number of hydrogen-bond donors (Lipinski definition) is 1. The van der Waals surface area contributed by atoms with E-state index in [2.05, 4.69) is 40.8 Å². The summed E-state index contributed by atoms with van der Waals surface area (Å²) in [7, 11) is 0. The van der Waals surface area contributed by atoms with Gasteiger partial charge in [-0.3, -0.25) is 0 Å². The van der Waals surface area contributed by atoms with E-state index < -0.39 is 0 Å². The topological polar surface area (TPSA) is 21.3 Å². The van der Waals surface area contributed by atoms with Crippen molar-refractivity contribution in [1.82, 2.24) is 0 Å². The zero-order valence-corrected chi connectivity index (χ0v) is 14.2. The fourth-order valence-electron chi connectivity index (χ4n) is 1.99. The highest BCUT2D eigenvalue weighted by molar-refractivity contribution is 9.10. The fraction of sp³-hybridized carbons (Fsp3) is 0.176. The van der Waals surface area contributed by atoms with E-state index in [-0.39, 0.29) is 0 Å². The van der Waals surface area contributed by atoms with Crippen molar-refractivity contribution >= 4 is 33.2 Å². The Bertz CT molecular complexity index is 643. The Morgan fingerprint density at radius 3 is 2.81 bits per heavy atom. The van der Waals surface area contributed by atoms with Gasteiger partial charge in [0.15, 0.2) is 0 Å². The van der Waals surface area contributed by atoms with Crippen molar-refractivity contribution in [2.45, 2.75) is 13.5 Å². The summed E-state index contributed by atoms with van der Waals surface area (Å²) in [6.07, 6.45) is 1.73. The van der Waals surface area contributed by atoms with Gasteiger partial charge in [0.05, 0.1) is 0 Å². The van der Waals surface area contributed by atoms with E-state index in [1.54, 1.807) is 6.08 Å². The van der Waals surface area contributed by atoms with Gasteiger partial charge in [0.2, 0.25) is 0 Å². The zero-order valence-electron chi connectivity index (χ0n) is 11.8. The lowest BCUT2D eigenvalue weighted by Crippen LogP contribution is -2.04. The molecule has 0 spiro atoms. The second kappa shape index (κ2) is 7.53. The van der Waals surface area contributed by atoms with Crippen LogP contribution in [0.25, 0.3) is 0 Å². The van der Waals surface area contributed by atoms with Gasteiger partial charge < -0.3 is 10.1 Å². The fourth-order valence-corrected chi connectivity index (χ4v) is 2.66. The number of aryl methyl sites for hydroxylation is 1. The maximum Gasteiger partial charge on any atom is 0.124 e. The molecule has 110 valence electrons. The van der Waals surface area contributed by atoms with Crippen LogP contribution in [-0.2, 0) is 6.54 Å². The van der Waals surface area contributed by atoms with Crippen LogP contribution in [0.5, 0.6) is 5.75 Å². The minimum atomic E-state index is 0.478. The predicted octanol–water partition coefficient (Wildman–Crippen LogP) is 5.59. The molecule has 2 aromatic carbocycles. The second-order valence-electron chi connectivity index (χ2n) is 4.66. The number of hydrogen-bond acceptors (Lipinski definition) is 2. The molecule has 0 saturated carbocycles. The van der Waals surface area contributed by atoms with Gasteiger partial charge in [-0.15, -0.1) is 0 Å². The van der Waals surface area contributed by atoms with Gasteiger partial charge in [0.1, 0.15) is 12.4 Å². The first-order chi connectivity index (χ1) is 10.1. The van der Waals surface area contributed by atoms with Crippen molar-refractivity contribution < 1.29 is 4.74 Å². The molecule has 0 fully saturated rings. The van der Waals surface area contributed by atoms with E-state index in [1.165, 1.54) is 5.56 Å². The Balaban J connectivity index is 2.14. The third kappa shape index (κ3) is 4.51. The molecule has 0 heterocycles. The summed E-state index contributed by atoms with van der Waals surface area (Å²) < 4.78 is 6.73. The van der Waals surface area contributed by atoms with Crippen molar-refractivity contribution in [1.29, 1.82) is 0 Å². The molecule has 2 aromatic rings. The first kappa shape index (κ1) is 15.9. The third-order valence-electron chi connectivity index (χ3n) is 3.04. The van der Waals surface area contributed by atoms with Crippen LogP contribution in [0.15, 0.2) is 53.5 Å². The Morgan fingerprint density at radius 2 is 2.10 bits per heavy atom. The average Bonchev–Trinajstić information content (AvgIpc) is 2.45. The third-order valence-corrected chi connectivity index (χ3v) is 3.77. The van der Waals surface area contributed by atoms with E-state index in [4.69, 9.17) is 16.3 Å². The molecule has 0 amide bonds. The first-order valence-electron chi connectivity index (χ1n) is 6.62. The van der Waals surface area contributed by atoms with Crippen LogP contribution in [0.4, 0.5) is 5.69 Å². The quantitative estimate of drug-likeness (QED) is 0.673. The monoisotopic (exact) mass is 365 g/mol. The lowest BCUT2D eigenvalue weighted by Gasteiger charge is -2.14. The molecule has 0 radical (unpaired) electrons. The summed E-state index contributed by atoms with van der Waals surface area (Å²) in [5.74, 6) is 0.821. The molecule has 0 aliphatic rings. The molecule has 0 unspecified atom stereocenters. The van der Waals surface area contributed by atoms with Crippen LogP contribution >= 0.6 is 27.5 Å². The van der Waals surface area contributed by atoms with Crippen LogP contribution in [-0.4, -0.2) is 6.61 Å². The average molecular weight is 367 g/mol. The number of rotatable bonds is 6. The molecule has 21 heavy (non-hydrogen) atoms. The maximum atomic E-state index is 6.07. The van der Waals surface area contributed by atoms with E-state index >= 15 is 0 Å². The van der Waals surface area contributed by atoms with Crippen LogP contribution in [0.1, 0.15) is 11.1 Å². The number of benzene rings is 2. The van der Waals surface area contributed by atoms with Gasteiger partial charge in [-0.25, -0.2) is 0 Å². The highest BCUT2D eigenvalue weighted by atomic mass is 79.9. The maximum absolute atomic E-state index is 6.07. The van der Waals surface area contributed by atoms with Crippen molar-refractivity contribution in [2.75, 3.05) is 11.9 Å². The highest BCUT2D eigenvalue weighted by Crippen LogP contribution is 2.25. The summed E-state index contributed by atoms with van der Waals surface area (Å²) in [6.45, 7) is 6.86. The van der Waals surface area contributed by atoms with Crippen molar-refractivity contribution in [3.05, 3.63) is 69.7 Å². The summed E-state index contributed by atoms with van der Waals surface area (Å²) in [6, 6.07) is 11.8. The van der Waals surface area contributed by atoms with Crippen molar-refractivity contribution in [3.8, 4) is 5.75 Å². The SMILES string of the molecule is C=CCOc1ccc(Cl)cc1CNc1ccc(Br)cc1C. The van der Waals surface area contributed by atoms with Crippen molar-refractivity contribution in [3.63, 3.8) is 0 Å². The molecule has 0 aromatic heterocycles. The van der Waals surface area contributed by atoms with Gasteiger partial charge >= 0.3 is 0 Å². The zero-order chi connectivity index (χ0) is 15.2. The Hall–Kier alpha value is -1.45. The van der Waals surface area contributed by atoms with Crippen molar-refractivity contribution in [2.24, 2.45) is 0 Å². The standard InChI is InChI=1S/C17H17BrClNO/c1-3-8-21-17-7-5-15(19)10-13(17)11-20-16-6-4-14(18)9-12(16)2/h3-7,9-10,20H,1,8,11H2,2H3. The van der Waals surface area contributed by atoms with Gasteiger partial charge in [-0.1, -0.05) is 40.2 Å². The first-order valence-corrected chi connectivity index (χ1v) is 7.79. The number of anilines is 1. The lowest BCUT2D eigenvalue weighted by atomic mass is 10.1. The van der Waals surface area contributed by atoms with Crippen LogP contribution in [0, 0.1) is 6.92 Å². The van der Waals surface area contributed by atoms with Gasteiger partial charge in [0, 0.05) is 27.3 Å². The molecule has 0 atom stereocenters. The number of ether oxygens (including phenoxy) is 1. The molecule has 0 bridgehead atoms. The molecule has 0 aliphatic carbocycles. The molecule has 4 heteroatoms.